The average molecular weight is 589 g/mol. The van der Waals surface area contributed by atoms with Crippen molar-refractivity contribution in [3.63, 3.8) is 0 Å². The monoisotopic (exact) mass is 588 g/mol. The van der Waals surface area contributed by atoms with Gasteiger partial charge in [0.05, 0.1) is 19.8 Å². The van der Waals surface area contributed by atoms with Crippen molar-refractivity contribution in [2.75, 3.05) is 26.4 Å². The van der Waals surface area contributed by atoms with E-state index in [-0.39, 0.29) is 19.2 Å². The molecule has 0 amide bonds. The second-order valence-electron chi connectivity index (χ2n) is 11.3. The number of allylic oxidation sites excluding steroid dienone is 2. The molecule has 242 valence electrons. The predicted molar refractivity (Wildman–Crippen MR) is 159 cm³/mol. The van der Waals surface area contributed by atoms with Crippen LogP contribution in [0, 0.1) is 0 Å². The van der Waals surface area contributed by atoms with Gasteiger partial charge in [-0.15, -0.1) is 0 Å². The van der Waals surface area contributed by atoms with Crippen LogP contribution in [0.25, 0.3) is 0 Å². The lowest BCUT2D eigenvalue weighted by atomic mass is 9.99. The fraction of sp³-hybridized carbons (Fsp3) is 0.906. The molecule has 0 saturated carbocycles. The first-order chi connectivity index (χ1) is 19.9. The van der Waals surface area contributed by atoms with Crippen molar-refractivity contribution in [3.05, 3.63) is 12.2 Å². The van der Waals surface area contributed by atoms with Crippen LogP contribution < -0.4 is 0 Å². The fourth-order valence-corrected chi connectivity index (χ4v) is 4.78. The molecule has 41 heavy (non-hydrogen) atoms. The number of carbonyl (C=O) groups excluding carboxylic acids is 1. The summed E-state index contributed by atoms with van der Waals surface area (Å²) in [4.78, 5) is 12.4. The largest absolute Gasteiger partial charge is 0.457 e. The van der Waals surface area contributed by atoms with Crippen LogP contribution in [0.3, 0.4) is 0 Å². The minimum atomic E-state index is -1.53. The SMILES string of the molecule is CCCCC/C=C\CCCCCCCCOCC(COC1OC(CO)C(O)C(O)C1O)OC(=O)CCCCCCC. The number of carbonyl (C=O) groups is 1. The van der Waals surface area contributed by atoms with Gasteiger partial charge in [0.25, 0.3) is 0 Å². The van der Waals surface area contributed by atoms with Gasteiger partial charge in [-0.25, -0.2) is 0 Å². The van der Waals surface area contributed by atoms with Gasteiger partial charge in [0, 0.05) is 13.0 Å². The highest BCUT2D eigenvalue weighted by molar-refractivity contribution is 5.69. The summed E-state index contributed by atoms with van der Waals surface area (Å²) in [7, 11) is 0. The molecule has 0 bridgehead atoms. The zero-order valence-corrected chi connectivity index (χ0v) is 25.8. The van der Waals surface area contributed by atoms with Gasteiger partial charge < -0.3 is 39.4 Å². The normalized spacial score (nSPS) is 23.7. The van der Waals surface area contributed by atoms with Crippen molar-refractivity contribution >= 4 is 5.97 Å². The number of ether oxygens (including phenoxy) is 4. The molecule has 4 N–H and O–H groups in total. The zero-order chi connectivity index (χ0) is 30.1. The van der Waals surface area contributed by atoms with Crippen molar-refractivity contribution in [1.29, 1.82) is 0 Å². The quantitative estimate of drug-likeness (QED) is 0.0628. The van der Waals surface area contributed by atoms with Crippen LogP contribution in [-0.2, 0) is 23.7 Å². The molecule has 0 aromatic rings. The van der Waals surface area contributed by atoms with Crippen LogP contribution in [0.1, 0.15) is 123 Å². The van der Waals surface area contributed by atoms with Gasteiger partial charge in [-0.2, -0.15) is 0 Å². The molecule has 1 saturated heterocycles. The highest BCUT2D eigenvalue weighted by Gasteiger charge is 2.44. The lowest BCUT2D eigenvalue weighted by molar-refractivity contribution is -0.305. The summed E-state index contributed by atoms with van der Waals surface area (Å²) in [5, 5.41) is 39.6. The van der Waals surface area contributed by atoms with E-state index in [1.54, 1.807) is 0 Å². The Morgan fingerprint density at radius 3 is 2.02 bits per heavy atom. The van der Waals surface area contributed by atoms with E-state index in [1.165, 1.54) is 57.8 Å². The number of esters is 1. The van der Waals surface area contributed by atoms with E-state index in [9.17, 15) is 25.2 Å². The Balaban J connectivity index is 2.34. The summed E-state index contributed by atoms with van der Waals surface area (Å²) in [6.07, 6.45) is 15.6. The summed E-state index contributed by atoms with van der Waals surface area (Å²) in [5.74, 6) is -0.330. The van der Waals surface area contributed by atoms with E-state index >= 15 is 0 Å². The smallest absolute Gasteiger partial charge is 0.306 e. The van der Waals surface area contributed by atoms with Crippen LogP contribution in [-0.4, -0.2) is 89.6 Å². The van der Waals surface area contributed by atoms with Crippen LogP contribution >= 0.6 is 0 Å². The maximum atomic E-state index is 12.4. The molecule has 1 rings (SSSR count). The van der Waals surface area contributed by atoms with E-state index in [2.05, 4.69) is 26.0 Å². The second-order valence-corrected chi connectivity index (χ2v) is 11.3. The minimum absolute atomic E-state index is 0.114. The Kier molecular flexibility index (Phi) is 23.5. The Hall–Kier alpha value is -1.07. The number of rotatable bonds is 26. The number of unbranched alkanes of at least 4 members (excludes halogenated alkanes) is 13. The van der Waals surface area contributed by atoms with Gasteiger partial charge in [0.2, 0.25) is 0 Å². The summed E-state index contributed by atoms with van der Waals surface area (Å²) in [6, 6.07) is 0. The molecular weight excluding hydrogens is 528 g/mol. The van der Waals surface area contributed by atoms with Crippen LogP contribution in [0.4, 0.5) is 0 Å². The molecule has 0 aliphatic carbocycles. The third kappa shape index (κ3) is 18.3. The Morgan fingerprint density at radius 1 is 0.756 bits per heavy atom. The third-order valence-electron chi connectivity index (χ3n) is 7.43. The van der Waals surface area contributed by atoms with Gasteiger partial charge in [0.15, 0.2) is 6.29 Å². The van der Waals surface area contributed by atoms with Gasteiger partial charge >= 0.3 is 5.97 Å². The summed E-state index contributed by atoms with van der Waals surface area (Å²) >= 11 is 0. The summed E-state index contributed by atoms with van der Waals surface area (Å²) < 4.78 is 22.4. The molecule has 0 aromatic carbocycles. The molecule has 0 spiro atoms. The Bertz CT molecular complexity index is 643. The number of aliphatic hydroxyl groups excluding tert-OH is 4. The van der Waals surface area contributed by atoms with Crippen molar-refractivity contribution in [2.24, 2.45) is 0 Å². The molecule has 9 heteroatoms. The molecule has 0 radical (unpaired) electrons. The Labute approximate surface area is 248 Å². The molecule has 6 atom stereocenters. The molecule has 6 unspecified atom stereocenters. The molecule has 1 aliphatic rings. The topological polar surface area (TPSA) is 135 Å². The minimum Gasteiger partial charge on any atom is -0.457 e. The molecule has 1 fully saturated rings. The van der Waals surface area contributed by atoms with Crippen molar-refractivity contribution < 1.29 is 44.2 Å². The molecule has 1 aliphatic heterocycles. The highest BCUT2D eigenvalue weighted by atomic mass is 16.7. The van der Waals surface area contributed by atoms with Crippen LogP contribution in [0.15, 0.2) is 12.2 Å². The van der Waals surface area contributed by atoms with E-state index in [4.69, 9.17) is 18.9 Å². The van der Waals surface area contributed by atoms with E-state index < -0.39 is 43.4 Å². The second kappa shape index (κ2) is 25.4. The highest BCUT2D eigenvalue weighted by Crippen LogP contribution is 2.22. The molecule has 0 aromatic heterocycles. The van der Waals surface area contributed by atoms with Crippen LogP contribution in [0.5, 0.6) is 0 Å². The first kappa shape index (κ1) is 38.0. The third-order valence-corrected chi connectivity index (χ3v) is 7.43. The van der Waals surface area contributed by atoms with Crippen molar-refractivity contribution in [3.8, 4) is 0 Å². The van der Waals surface area contributed by atoms with Gasteiger partial charge in [-0.1, -0.05) is 90.2 Å². The van der Waals surface area contributed by atoms with Crippen LogP contribution in [0.2, 0.25) is 0 Å². The lowest BCUT2D eigenvalue weighted by Crippen LogP contribution is -2.59. The number of hydrogen-bond donors (Lipinski definition) is 4. The van der Waals surface area contributed by atoms with Gasteiger partial charge in [0.1, 0.15) is 30.5 Å². The first-order valence-electron chi connectivity index (χ1n) is 16.3. The first-order valence-corrected chi connectivity index (χ1v) is 16.3. The maximum absolute atomic E-state index is 12.4. The fourth-order valence-electron chi connectivity index (χ4n) is 4.78. The summed E-state index contributed by atoms with van der Waals surface area (Å²) in [6.45, 7) is 4.41. The molecule has 1 heterocycles. The van der Waals surface area contributed by atoms with Crippen molar-refractivity contribution in [2.45, 2.75) is 160 Å². The van der Waals surface area contributed by atoms with Gasteiger partial charge in [-0.05, 0) is 38.5 Å². The summed E-state index contributed by atoms with van der Waals surface area (Å²) in [5.41, 5.74) is 0. The standard InChI is InChI=1S/C32H60O9/c1-3-5-7-9-10-11-12-13-14-15-16-18-20-22-38-24-26(40-28(34)21-19-17-8-6-4-2)25-39-32-31(37)30(36)29(35)27(23-33)41-32/h10-11,26-27,29-33,35-37H,3-9,12-25H2,1-2H3/b11-10-. The average Bonchev–Trinajstić information content (AvgIpc) is 2.97. The molecular formula is C32H60O9. The van der Waals surface area contributed by atoms with E-state index in [1.807, 2.05) is 0 Å². The molecule has 9 nitrogen and oxygen atoms in total. The van der Waals surface area contributed by atoms with E-state index in [0.29, 0.717) is 13.0 Å². The predicted octanol–water partition coefficient (Wildman–Crippen LogP) is 4.96. The maximum Gasteiger partial charge on any atom is 0.306 e. The zero-order valence-electron chi connectivity index (χ0n) is 25.8. The number of hydrogen-bond acceptors (Lipinski definition) is 9. The van der Waals surface area contributed by atoms with Gasteiger partial charge in [-0.3, -0.25) is 4.79 Å². The van der Waals surface area contributed by atoms with Crippen molar-refractivity contribution in [1.82, 2.24) is 0 Å². The van der Waals surface area contributed by atoms with E-state index in [0.717, 1.165) is 44.9 Å². The lowest BCUT2D eigenvalue weighted by Gasteiger charge is -2.39. The Morgan fingerprint density at radius 2 is 1.34 bits per heavy atom. The number of aliphatic hydroxyl groups is 4.